The zero-order valence-corrected chi connectivity index (χ0v) is 9.51. The van der Waals surface area contributed by atoms with Crippen molar-refractivity contribution < 1.29 is 9.90 Å². The Kier molecular flexibility index (Phi) is 2.85. The highest BCUT2D eigenvalue weighted by Crippen LogP contribution is 2.05. The molecule has 2 rings (SSSR count). The Balaban J connectivity index is 2.79. The summed E-state index contributed by atoms with van der Waals surface area (Å²) < 4.78 is 0.802. The second-order valence-corrected chi connectivity index (χ2v) is 3.79. The van der Waals surface area contributed by atoms with E-state index in [-0.39, 0.29) is 0 Å². The molecule has 0 aliphatic heterocycles. The predicted molar refractivity (Wildman–Crippen MR) is 64.4 cm³/mol. The summed E-state index contributed by atoms with van der Waals surface area (Å²) >= 11 is 0. The minimum absolute atomic E-state index is 0.337. The van der Waals surface area contributed by atoms with Crippen molar-refractivity contribution in [2.24, 2.45) is 0 Å². The van der Waals surface area contributed by atoms with E-state index in [1.54, 1.807) is 18.2 Å². The van der Waals surface area contributed by atoms with E-state index >= 15 is 0 Å². The Morgan fingerprint density at radius 1 is 1.33 bits per heavy atom. The number of aromatic amines is 1. The fraction of sp³-hybridized carbons (Fsp3) is 0.0833. The zero-order valence-electron chi connectivity index (χ0n) is 9.51. The summed E-state index contributed by atoms with van der Waals surface area (Å²) in [7, 11) is 0. The number of nitrogens with zero attached hydrogens (tertiary/aromatic N) is 1. The van der Waals surface area contributed by atoms with Gasteiger partial charge in [0.05, 0.1) is 5.69 Å². The summed E-state index contributed by atoms with van der Waals surface area (Å²) in [5.74, 6) is -1.38. The predicted octanol–water partition coefficient (Wildman–Crippen LogP) is 0.532. The van der Waals surface area contributed by atoms with Crippen molar-refractivity contribution in [2.75, 3.05) is 0 Å². The molecule has 92 valence electrons. The summed E-state index contributed by atoms with van der Waals surface area (Å²) in [6, 6.07) is 6.69. The molecule has 0 radical (unpaired) electrons. The monoisotopic (exact) mass is 246 g/mol. The molecule has 0 aliphatic carbocycles. The molecule has 2 N–H and O–H groups in total. The van der Waals surface area contributed by atoms with Gasteiger partial charge in [-0.1, -0.05) is 12.1 Å². The van der Waals surface area contributed by atoms with E-state index < -0.39 is 22.8 Å². The second-order valence-electron chi connectivity index (χ2n) is 3.79. The lowest BCUT2D eigenvalue weighted by molar-refractivity contribution is 0.0694. The molecule has 0 saturated heterocycles. The van der Waals surface area contributed by atoms with Crippen LogP contribution in [0.2, 0.25) is 0 Å². The first-order valence-electron chi connectivity index (χ1n) is 5.16. The van der Waals surface area contributed by atoms with Crippen LogP contribution in [-0.4, -0.2) is 20.6 Å². The van der Waals surface area contributed by atoms with Gasteiger partial charge < -0.3 is 10.1 Å². The summed E-state index contributed by atoms with van der Waals surface area (Å²) in [5, 5.41) is 8.85. The van der Waals surface area contributed by atoms with Crippen LogP contribution in [0.4, 0.5) is 0 Å². The molecule has 0 atom stereocenters. The molecule has 6 nitrogen and oxygen atoms in total. The number of nitrogens with one attached hydrogen (secondary N) is 1. The normalized spacial score (nSPS) is 10.3. The maximum Gasteiger partial charge on any atom is 0.342 e. The van der Waals surface area contributed by atoms with Crippen molar-refractivity contribution in [3.63, 3.8) is 0 Å². The molecule has 0 bridgehead atoms. The van der Waals surface area contributed by atoms with Crippen LogP contribution in [0.15, 0.2) is 40.1 Å². The fourth-order valence-electron chi connectivity index (χ4n) is 1.63. The SMILES string of the molecule is Cc1cccc(-n2c(=O)[nH]cc(C(=O)O)c2=O)c1. The summed E-state index contributed by atoms with van der Waals surface area (Å²) in [4.78, 5) is 36.6. The molecule has 1 heterocycles. The third kappa shape index (κ3) is 1.95. The Hall–Kier alpha value is -2.63. The number of hydrogen-bond acceptors (Lipinski definition) is 3. The van der Waals surface area contributed by atoms with E-state index in [0.717, 1.165) is 16.3 Å². The van der Waals surface area contributed by atoms with Gasteiger partial charge in [-0.3, -0.25) is 4.79 Å². The average molecular weight is 246 g/mol. The van der Waals surface area contributed by atoms with E-state index in [1.807, 2.05) is 13.0 Å². The van der Waals surface area contributed by atoms with Crippen LogP contribution in [0, 0.1) is 6.92 Å². The maximum absolute atomic E-state index is 11.9. The van der Waals surface area contributed by atoms with Crippen molar-refractivity contribution in [1.29, 1.82) is 0 Å². The number of aromatic carboxylic acids is 1. The van der Waals surface area contributed by atoms with Crippen LogP contribution >= 0.6 is 0 Å². The number of carboxylic acids is 1. The first-order valence-corrected chi connectivity index (χ1v) is 5.16. The van der Waals surface area contributed by atoms with E-state index in [9.17, 15) is 14.4 Å². The number of aryl methyl sites for hydroxylation is 1. The van der Waals surface area contributed by atoms with Crippen LogP contribution in [-0.2, 0) is 0 Å². The number of carbonyl (C=O) groups is 1. The van der Waals surface area contributed by atoms with E-state index in [2.05, 4.69) is 4.98 Å². The topological polar surface area (TPSA) is 92.2 Å². The summed E-state index contributed by atoms with van der Waals surface area (Å²) in [6.07, 6.45) is 0.902. The Bertz CT molecular complexity index is 727. The van der Waals surface area contributed by atoms with Crippen molar-refractivity contribution in [3.8, 4) is 5.69 Å². The highest BCUT2D eigenvalue weighted by Gasteiger charge is 2.14. The van der Waals surface area contributed by atoms with E-state index in [4.69, 9.17) is 5.11 Å². The molecule has 2 aromatic rings. The van der Waals surface area contributed by atoms with Gasteiger partial charge >= 0.3 is 11.7 Å². The molecular formula is C12H10N2O4. The quantitative estimate of drug-likeness (QED) is 0.808. The fourth-order valence-corrected chi connectivity index (χ4v) is 1.63. The number of H-pyrrole nitrogens is 1. The second kappa shape index (κ2) is 4.33. The molecule has 0 saturated carbocycles. The van der Waals surface area contributed by atoms with Crippen LogP contribution < -0.4 is 11.2 Å². The minimum atomic E-state index is -1.38. The highest BCUT2D eigenvalue weighted by atomic mass is 16.4. The van der Waals surface area contributed by atoms with Gasteiger partial charge in [0, 0.05) is 6.20 Å². The largest absolute Gasteiger partial charge is 0.477 e. The number of carboxylic acid groups (broad SMARTS) is 1. The standard InChI is InChI=1S/C12H10N2O4/c1-7-3-2-4-8(5-7)14-10(15)9(11(16)17)6-13-12(14)18/h2-6H,1H3,(H,13,18)(H,16,17). The minimum Gasteiger partial charge on any atom is -0.477 e. The molecule has 0 amide bonds. The van der Waals surface area contributed by atoms with Gasteiger partial charge in [0.15, 0.2) is 0 Å². The van der Waals surface area contributed by atoms with Gasteiger partial charge in [-0.05, 0) is 24.6 Å². The van der Waals surface area contributed by atoms with Crippen molar-refractivity contribution in [2.45, 2.75) is 6.92 Å². The molecule has 1 aromatic heterocycles. The van der Waals surface area contributed by atoms with Gasteiger partial charge in [-0.25, -0.2) is 14.2 Å². The molecule has 0 aliphatic rings. The molecule has 0 unspecified atom stereocenters. The van der Waals surface area contributed by atoms with Crippen LogP contribution in [0.3, 0.4) is 0 Å². The van der Waals surface area contributed by atoms with Gasteiger partial charge in [-0.15, -0.1) is 0 Å². The molecule has 0 fully saturated rings. The third-order valence-electron chi connectivity index (χ3n) is 2.47. The van der Waals surface area contributed by atoms with Crippen LogP contribution in [0.1, 0.15) is 15.9 Å². The average Bonchev–Trinajstić information content (AvgIpc) is 2.28. The number of hydrogen-bond donors (Lipinski definition) is 2. The molecule has 0 spiro atoms. The summed E-state index contributed by atoms with van der Waals surface area (Å²) in [5.41, 5.74) is -0.799. The van der Waals surface area contributed by atoms with Gasteiger partial charge in [0.25, 0.3) is 5.56 Å². The zero-order chi connectivity index (χ0) is 13.3. The number of benzene rings is 1. The smallest absolute Gasteiger partial charge is 0.342 e. The Labute approximate surface area is 101 Å². The lowest BCUT2D eigenvalue weighted by Gasteiger charge is -2.05. The third-order valence-corrected chi connectivity index (χ3v) is 2.47. The van der Waals surface area contributed by atoms with Crippen molar-refractivity contribution in [1.82, 2.24) is 9.55 Å². The lowest BCUT2D eigenvalue weighted by atomic mass is 10.2. The van der Waals surface area contributed by atoms with Crippen molar-refractivity contribution in [3.05, 3.63) is 62.4 Å². The van der Waals surface area contributed by atoms with Crippen molar-refractivity contribution >= 4 is 5.97 Å². The summed E-state index contributed by atoms with van der Waals surface area (Å²) in [6.45, 7) is 1.81. The highest BCUT2D eigenvalue weighted by molar-refractivity contribution is 5.86. The van der Waals surface area contributed by atoms with E-state index in [0.29, 0.717) is 5.69 Å². The van der Waals surface area contributed by atoms with Gasteiger partial charge in [0.2, 0.25) is 0 Å². The van der Waals surface area contributed by atoms with Gasteiger partial charge in [0.1, 0.15) is 5.56 Å². The lowest BCUT2D eigenvalue weighted by Crippen LogP contribution is -2.36. The number of aromatic nitrogens is 2. The Morgan fingerprint density at radius 3 is 2.67 bits per heavy atom. The van der Waals surface area contributed by atoms with Crippen LogP contribution in [0.25, 0.3) is 5.69 Å². The first-order chi connectivity index (χ1) is 8.50. The van der Waals surface area contributed by atoms with Gasteiger partial charge in [-0.2, -0.15) is 0 Å². The molecular weight excluding hydrogens is 236 g/mol. The van der Waals surface area contributed by atoms with E-state index in [1.165, 1.54) is 0 Å². The Morgan fingerprint density at radius 2 is 2.06 bits per heavy atom. The number of rotatable bonds is 2. The molecule has 6 heteroatoms. The molecule has 1 aromatic carbocycles. The first kappa shape index (κ1) is 11.8. The van der Waals surface area contributed by atoms with Crippen LogP contribution in [0.5, 0.6) is 0 Å². The maximum atomic E-state index is 11.9. The molecule has 18 heavy (non-hydrogen) atoms.